The van der Waals surface area contributed by atoms with Crippen LogP contribution in [0.15, 0.2) is 29.2 Å². The Hall–Kier alpha value is -0.653. The minimum absolute atomic E-state index is 0.246. The number of aryl methyl sites for hydroxylation is 1. The topological polar surface area (TPSA) is 43.4 Å². The van der Waals surface area contributed by atoms with E-state index in [0.29, 0.717) is 6.61 Å². The minimum Gasteiger partial charge on any atom is -0.266 e. The van der Waals surface area contributed by atoms with Crippen LogP contribution in [0.2, 0.25) is 25.2 Å². The van der Waals surface area contributed by atoms with Gasteiger partial charge in [0.2, 0.25) is 0 Å². The molecule has 0 saturated heterocycles. The molecule has 0 spiro atoms. The van der Waals surface area contributed by atoms with Gasteiger partial charge in [-0.15, -0.1) is 0 Å². The van der Waals surface area contributed by atoms with Crippen LogP contribution in [0.25, 0.3) is 0 Å². The molecule has 3 nitrogen and oxygen atoms in total. The molecule has 0 radical (unpaired) electrons. The van der Waals surface area contributed by atoms with Gasteiger partial charge < -0.3 is 0 Å². The third-order valence-electron chi connectivity index (χ3n) is 3.75. The summed E-state index contributed by atoms with van der Waals surface area (Å²) in [7, 11) is -4.78. The van der Waals surface area contributed by atoms with Crippen molar-refractivity contribution in [3.8, 4) is 0 Å². The lowest BCUT2D eigenvalue weighted by Crippen LogP contribution is -2.25. The first-order chi connectivity index (χ1) is 9.77. The van der Waals surface area contributed by atoms with E-state index in [1.807, 2.05) is 6.92 Å². The monoisotopic (exact) mass is 328 g/mol. The molecule has 0 aliphatic rings. The Labute approximate surface area is 130 Å². The van der Waals surface area contributed by atoms with Gasteiger partial charge in [-0.3, -0.25) is 4.18 Å². The lowest BCUT2D eigenvalue weighted by molar-refractivity contribution is 0.317. The Bertz CT molecular complexity index is 521. The van der Waals surface area contributed by atoms with Crippen molar-refractivity contribution in [2.24, 2.45) is 0 Å². The fourth-order valence-electron chi connectivity index (χ4n) is 2.27. The van der Waals surface area contributed by atoms with Gasteiger partial charge in [0.15, 0.2) is 0 Å². The fraction of sp³-hybridized carbons (Fsp3) is 0.625. The molecule has 21 heavy (non-hydrogen) atoms. The van der Waals surface area contributed by atoms with Crippen LogP contribution >= 0.6 is 0 Å². The second-order valence-corrected chi connectivity index (χ2v) is 13.4. The molecule has 0 bridgehead atoms. The van der Waals surface area contributed by atoms with Crippen LogP contribution in [0.1, 0.15) is 31.7 Å². The van der Waals surface area contributed by atoms with Crippen LogP contribution in [0.3, 0.4) is 0 Å². The summed E-state index contributed by atoms with van der Waals surface area (Å²) in [5.74, 6) is 0. The van der Waals surface area contributed by atoms with Crippen molar-refractivity contribution in [3.63, 3.8) is 0 Å². The van der Waals surface area contributed by atoms with E-state index in [9.17, 15) is 8.42 Å². The number of unbranched alkanes of at least 4 members (excludes halogenated alkanes) is 1. The summed E-state index contributed by atoms with van der Waals surface area (Å²) in [5.41, 5.74) is 1.04. The zero-order valence-electron chi connectivity index (χ0n) is 13.7. The third-order valence-corrected chi connectivity index (χ3v) is 8.49. The molecule has 0 amide bonds. The Kier molecular flexibility index (Phi) is 7.10. The van der Waals surface area contributed by atoms with E-state index >= 15 is 0 Å². The number of hydrogen-bond donors (Lipinski definition) is 0. The molecule has 1 aromatic carbocycles. The van der Waals surface area contributed by atoms with Crippen molar-refractivity contribution in [3.05, 3.63) is 29.8 Å². The molecule has 0 heterocycles. The maximum atomic E-state index is 12.0. The van der Waals surface area contributed by atoms with Crippen molar-refractivity contribution in [2.75, 3.05) is 6.61 Å². The molecular weight excluding hydrogens is 300 g/mol. The molecule has 5 heteroatoms. The summed E-state index contributed by atoms with van der Waals surface area (Å²) in [6.45, 7) is 9.18. The van der Waals surface area contributed by atoms with Crippen molar-refractivity contribution in [1.82, 2.24) is 0 Å². The molecule has 0 aliphatic heterocycles. The maximum absolute atomic E-state index is 12.0. The first-order valence-corrected chi connectivity index (χ1v) is 12.6. The highest BCUT2D eigenvalue weighted by Gasteiger charge is 2.20. The standard InChI is InChI=1S/C16H28O3SSi/c1-5-6-13-21(3,4)14-7-12-19-20(17,18)16-10-8-15(2)9-11-16/h8-11H,5-7,12-14H2,1-4H3. The molecular formula is C16H28O3SSi. The molecule has 1 rings (SSSR count). The van der Waals surface area contributed by atoms with E-state index in [-0.39, 0.29) is 4.90 Å². The van der Waals surface area contributed by atoms with Gasteiger partial charge in [-0.25, -0.2) is 0 Å². The first kappa shape index (κ1) is 18.4. The molecule has 0 atom stereocenters. The van der Waals surface area contributed by atoms with Gasteiger partial charge >= 0.3 is 0 Å². The number of rotatable bonds is 9. The van der Waals surface area contributed by atoms with Crippen molar-refractivity contribution in [1.29, 1.82) is 0 Å². The summed E-state index contributed by atoms with van der Waals surface area (Å²) >= 11 is 0. The first-order valence-electron chi connectivity index (χ1n) is 7.73. The van der Waals surface area contributed by atoms with E-state index < -0.39 is 18.2 Å². The van der Waals surface area contributed by atoms with Gasteiger partial charge in [0.1, 0.15) is 0 Å². The van der Waals surface area contributed by atoms with Gasteiger partial charge in [-0.05, 0) is 25.5 Å². The average Bonchev–Trinajstić information content (AvgIpc) is 2.42. The van der Waals surface area contributed by atoms with E-state index in [0.717, 1.165) is 18.0 Å². The zero-order valence-corrected chi connectivity index (χ0v) is 15.5. The molecule has 0 unspecified atom stereocenters. The largest absolute Gasteiger partial charge is 0.296 e. The van der Waals surface area contributed by atoms with E-state index in [4.69, 9.17) is 4.18 Å². The lowest BCUT2D eigenvalue weighted by atomic mass is 10.2. The highest BCUT2D eigenvalue weighted by Crippen LogP contribution is 2.21. The summed E-state index contributed by atoms with van der Waals surface area (Å²) < 4.78 is 29.2. The van der Waals surface area contributed by atoms with Crippen LogP contribution < -0.4 is 0 Å². The Balaban J connectivity index is 2.43. The summed E-state index contributed by atoms with van der Waals surface area (Å²) in [6, 6.07) is 9.22. The third kappa shape index (κ3) is 6.76. The van der Waals surface area contributed by atoms with E-state index in [1.165, 1.54) is 18.9 Å². The Morgan fingerprint density at radius 3 is 2.19 bits per heavy atom. The summed E-state index contributed by atoms with van der Waals surface area (Å²) in [4.78, 5) is 0.246. The van der Waals surface area contributed by atoms with Gasteiger partial charge in [-0.1, -0.05) is 62.6 Å². The van der Waals surface area contributed by atoms with Crippen LogP contribution in [0.5, 0.6) is 0 Å². The lowest BCUT2D eigenvalue weighted by Gasteiger charge is -2.21. The van der Waals surface area contributed by atoms with Gasteiger partial charge in [0, 0.05) is 8.07 Å². The SMILES string of the molecule is CCCC[Si](C)(C)CCCOS(=O)(=O)c1ccc(C)cc1. The highest BCUT2D eigenvalue weighted by molar-refractivity contribution is 7.86. The second kappa shape index (κ2) is 8.10. The average molecular weight is 329 g/mol. The molecule has 0 aromatic heterocycles. The van der Waals surface area contributed by atoms with Gasteiger partial charge in [0.25, 0.3) is 10.1 Å². The summed E-state index contributed by atoms with van der Waals surface area (Å²) in [6.07, 6.45) is 3.34. The van der Waals surface area contributed by atoms with Crippen LogP contribution in [-0.4, -0.2) is 23.1 Å². The fourth-order valence-corrected chi connectivity index (χ4v) is 5.88. The summed E-state index contributed by atoms with van der Waals surface area (Å²) in [5, 5.41) is 0. The van der Waals surface area contributed by atoms with Crippen molar-refractivity contribution < 1.29 is 12.6 Å². The van der Waals surface area contributed by atoms with Gasteiger partial charge in [0.05, 0.1) is 11.5 Å². The smallest absolute Gasteiger partial charge is 0.266 e. The Morgan fingerprint density at radius 1 is 1.05 bits per heavy atom. The van der Waals surface area contributed by atoms with Gasteiger partial charge in [-0.2, -0.15) is 8.42 Å². The molecule has 0 N–H and O–H groups in total. The minimum atomic E-state index is -3.60. The molecule has 0 aliphatic carbocycles. The molecule has 0 fully saturated rings. The number of benzene rings is 1. The van der Waals surface area contributed by atoms with E-state index in [1.54, 1.807) is 24.3 Å². The zero-order chi connectivity index (χ0) is 15.9. The molecule has 1 aromatic rings. The molecule has 120 valence electrons. The Morgan fingerprint density at radius 2 is 1.62 bits per heavy atom. The van der Waals surface area contributed by atoms with Crippen LogP contribution in [0, 0.1) is 6.92 Å². The van der Waals surface area contributed by atoms with Crippen molar-refractivity contribution >= 4 is 18.2 Å². The quantitative estimate of drug-likeness (QED) is 0.378. The normalized spacial score (nSPS) is 12.6. The van der Waals surface area contributed by atoms with Crippen LogP contribution in [0.4, 0.5) is 0 Å². The molecule has 0 saturated carbocycles. The second-order valence-electron chi connectivity index (χ2n) is 6.46. The number of hydrogen-bond acceptors (Lipinski definition) is 3. The highest BCUT2D eigenvalue weighted by atomic mass is 32.2. The predicted molar refractivity (Wildman–Crippen MR) is 90.9 cm³/mol. The van der Waals surface area contributed by atoms with Crippen molar-refractivity contribution in [2.45, 2.75) is 63.2 Å². The van der Waals surface area contributed by atoms with Crippen LogP contribution in [-0.2, 0) is 14.3 Å². The predicted octanol–water partition coefficient (Wildman–Crippen LogP) is 4.60. The van der Waals surface area contributed by atoms with E-state index in [2.05, 4.69) is 20.0 Å². The maximum Gasteiger partial charge on any atom is 0.296 e.